The Morgan fingerprint density at radius 3 is 2.48 bits per heavy atom. The van der Waals surface area contributed by atoms with Gasteiger partial charge in [0, 0.05) is 25.7 Å². The third kappa shape index (κ3) is 6.90. The van der Waals surface area contributed by atoms with Gasteiger partial charge in [-0.3, -0.25) is 4.79 Å². The van der Waals surface area contributed by atoms with Crippen molar-refractivity contribution in [3.05, 3.63) is 23.8 Å². The van der Waals surface area contributed by atoms with Gasteiger partial charge in [-0.25, -0.2) is 4.79 Å². The highest BCUT2D eigenvalue weighted by Crippen LogP contribution is 2.19. The highest BCUT2D eigenvalue weighted by atomic mass is 16.6. The Morgan fingerprint density at radius 2 is 1.91 bits per heavy atom. The summed E-state index contributed by atoms with van der Waals surface area (Å²) in [5, 5.41) is 8.40. The van der Waals surface area contributed by atoms with Gasteiger partial charge >= 0.3 is 6.09 Å². The van der Waals surface area contributed by atoms with E-state index in [2.05, 4.69) is 16.0 Å². The zero-order valence-corrected chi connectivity index (χ0v) is 14.2. The first-order valence-corrected chi connectivity index (χ1v) is 7.55. The molecule has 7 heteroatoms. The van der Waals surface area contributed by atoms with Crippen molar-refractivity contribution in [2.75, 3.05) is 31.2 Å². The van der Waals surface area contributed by atoms with E-state index in [-0.39, 0.29) is 5.91 Å². The highest BCUT2D eigenvalue weighted by Gasteiger charge is 2.15. The van der Waals surface area contributed by atoms with Crippen molar-refractivity contribution in [2.45, 2.75) is 32.8 Å². The third-order valence-corrected chi connectivity index (χ3v) is 2.88. The van der Waals surface area contributed by atoms with E-state index in [0.29, 0.717) is 24.3 Å². The van der Waals surface area contributed by atoms with Gasteiger partial charge in [0.05, 0.1) is 11.4 Å². The molecule has 0 heterocycles. The number of hydrogen-bond acceptors (Lipinski definition) is 5. The number of rotatable bonds is 6. The number of alkyl carbamates (subject to hydrolysis) is 1. The summed E-state index contributed by atoms with van der Waals surface area (Å²) >= 11 is 0. The monoisotopic (exact) mass is 322 g/mol. The minimum Gasteiger partial charge on any atom is -0.444 e. The summed E-state index contributed by atoms with van der Waals surface area (Å²) in [5.41, 5.74) is 7.20. The van der Waals surface area contributed by atoms with Gasteiger partial charge in [-0.05, 0) is 45.4 Å². The second-order valence-electron chi connectivity index (χ2n) is 6.09. The Balaban J connectivity index is 2.34. The van der Waals surface area contributed by atoms with E-state index in [1.165, 1.54) is 0 Å². The molecule has 2 amide bonds. The molecule has 0 bridgehead atoms. The molecule has 0 fully saturated rings. The highest BCUT2D eigenvalue weighted by molar-refractivity contribution is 5.95. The quantitative estimate of drug-likeness (QED) is 0.473. The fraction of sp³-hybridized carbons (Fsp3) is 0.500. The molecule has 0 saturated carbocycles. The molecule has 23 heavy (non-hydrogen) atoms. The molecule has 1 rings (SSSR count). The zero-order valence-electron chi connectivity index (χ0n) is 14.2. The standard InChI is InChI=1S/C16H26N4O3/c1-16(2,3)23-15(22)20-9-5-8-19-13-7-6-11(10-12(13)17)14(21)18-4/h6-7,10,19H,5,8-9,17H2,1-4H3,(H,18,21)(H,20,22). The minimum atomic E-state index is -0.497. The molecule has 0 saturated heterocycles. The van der Waals surface area contributed by atoms with Crippen LogP contribution >= 0.6 is 0 Å². The van der Waals surface area contributed by atoms with Crippen LogP contribution in [0.15, 0.2) is 18.2 Å². The van der Waals surface area contributed by atoms with Gasteiger partial charge in [-0.2, -0.15) is 0 Å². The van der Waals surface area contributed by atoms with Gasteiger partial charge in [0.25, 0.3) is 5.91 Å². The van der Waals surface area contributed by atoms with E-state index in [0.717, 1.165) is 12.1 Å². The average Bonchev–Trinajstić information content (AvgIpc) is 2.45. The van der Waals surface area contributed by atoms with Crippen molar-refractivity contribution in [3.63, 3.8) is 0 Å². The van der Waals surface area contributed by atoms with Crippen LogP contribution < -0.4 is 21.7 Å². The molecule has 1 aromatic carbocycles. The summed E-state index contributed by atoms with van der Waals surface area (Å²) in [7, 11) is 1.57. The second kappa shape index (κ2) is 8.26. The van der Waals surface area contributed by atoms with E-state index in [9.17, 15) is 9.59 Å². The predicted octanol–water partition coefficient (Wildman–Crippen LogP) is 1.96. The number of hydrogen-bond donors (Lipinski definition) is 4. The first-order chi connectivity index (χ1) is 10.7. The smallest absolute Gasteiger partial charge is 0.407 e. The first-order valence-electron chi connectivity index (χ1n) is 7.55. The van der Waals surface area contributed by atoms with Gasteiger partial charge < -0.3 is 26.4 Å². The van der Waals surface area contributed by atoms with E-state index in [1.807, 2.05) is 20.8 Å². The van der Waals surface area contributed by atoms with Crippen LogP contribution in [0.1, 0.15) is 37.6 Å². The lowest BCUT2D eigenvalue weighted by Crippen LogP contribution is -2.33. The number of nitrogens with one attached hydrogen (secondary N) is 3. The predicted molar refractivity (Wildman–Crippen MR) is 91.6 cm³/mol. The minimum absolute atomic E-state index is 0.176. The summed E-state index contributed by atoms with van der Waals surface area (Å²) in [6, 6.07) is 5.10. The van der Waals surface area contributed by atoms with Crippen LogP contribution in [0.2, 0.25) is 0 Å². The van der Waals surface area contributed by atoms with Crippen LogP contribution in [0, 0.1) is 0 Å². The molecule has 0 aliphatic rings. The Kier molecular flexibility index (Phi) is 6.68. The summed E-state index contributed by atoms with van der Waals surface area (Å²) in [6.45, 7) is 6.59. The number of benzene rings is 1. The molecule has 0 aromatic heterocycles. The summed E-state index contributed by atoms with van der Waals surface area (Å²) in [4.78, 5) is 23.0. The number of anilines is 2. The fourth-order valence-electron chi connectivity index (χ4n) is 1.83. The van der Waals surface area contributed by atoms with E-state index < -0.39 is 11.7 Å². The van der Waals surface area contributed by atoms with Gasteiger partial charge in [0.15, 0.2) is 0 Å². The Bertz CT molecular complexity index is 553. The zero-order chi connectivity index (χ0) is 17.5. The molecule has 5 N–H and O–H groups in total. The van der Waals surface area contributed by atoms with Crippen LogP contribution in [0.5, 0.6) is 0 Å². The van der Waals surface area contributed by atoms with Gasteiger partial charge in [0.1, 0.15) is 5.60 Å². The average molecular weight is 322 g/mol. The largest absolute Gasteiger partial charge is 0.444 e. The molecule has 0 radical (unpaired) electrons. The van der Waals surface area contributed by atoms with Crippen molar-refractivity contribution in [1.29, 1.82) is 0 Å². The molecular weight excluding hydrogens is 296 g/mol. The number of ether oxygens (including phenoxy) is 1. The van der Waals surface area contributed by atoms with E-state index in [1.54, 1.807) is 25.2 Å². The number of nitrogens with two attached hydrogens (primary N) is 1. The van der Waals surface area contributed by atoms with Crippen LogP contribution in [0.25, 0.3) is 0 Å². The molecule has 7 nitrogen and oxygen atoms in total. The normalized spacial score (nSPS) is 10.8. The number of amides is 2. The molecule has 0 aliphatic carbocycles. The van der Waals surface area contributed by atoms with Gasteiger partial charge in [-0.15, -0.1) is 0 Å². The Morgan fingerprint density at radius 1 is 1.22 bits per heavy atom. The molecule has 0 unspecified atom stereocenters. The molecule has 0 aliphatic heterocycles. The SMILES string of the molecule is CNC(=O)c1ccc(NCCCNC(=O)OC(C)(C)C)c(N)c1. The maximum Gasteiger partial charge on any atom is 0.407 e. The summed E-state index contributed by atoms with van der Waals surface area (Å²) < 4.78 is 5.14. The van der Waals surface area contributed by atoms with Crippen molar-refractivity contribution in [3.8, 4) is 0 Å². The number of carbonyl (C=O) groups excluding carboxylic acids is 2. The topological polar surface area (TPSA) is 105 Å². The van der Waals surface area contributed by atoms with Crippen LogP contribution in [0.4, 0.5) is 16.2 Å². The van der Waals surface area contributed by atoms with Crippen LogP contribution in [0.3, 0.4) is 0 Å². The number of nitrogen functional groups attached to an aromatic ring is 1. The lowest BCUT2D eigenvalue weighted by Gasteiger charge is -2.19. The maximum atomic E-state index is 11.5. The first kappa shape index (κ1) is 18.6. The van der Waals surface area contributed by atoms with Crippen LogP contribution in [-0.2, 0) is 4.74 Å². The van der Waals surface area contributed by atoms with Crippen molar-refractivity contribution in [1.82, 2.24) is 10.6 Å². The van der Waals surface area contributed by atoms with Crippen molar-refractivity contribution >= 4 is 23.4 Å². The molecular formula is C16H26N4O3. The number of carbonyl (C=O) groups is 2. The fourth-order valence-corrected chi connectivity index (χ4v) is 1.83. The van der Waals surface area contributed by atoms with E-state index >= 15 is 0 Å². The maximum absolute atomic E-state index is 11.5. The summed E-state index contributed by atoms with van der Waals surface area (Å²) in [6.07, 6.45) is 0.294. The lowest BCUT2D eigenvalue weighted by molar-refractivity contribution is 0.0527. The Labute approximate surface area is 137 Å². The molecule has 0 atom stereocenters. The van der Waals surface area contributed by atoms with Crippen LogP contribution in [-0.4, -0.2) is 37.7 Å². The van der Waals surface area contributed by atoms with E-state index in [4.69, 9.17) is 10.5 Å². The lowest BCUT2D eigenvalue weighted by atomic mass is 10.1. The van der Waals surface area contributed by atoms with Crippen molar-refractivity contribution < 1.29 is 14.3 Å². The Hall–Kier alpha value is -2.44. The molecule has 1 aromatic rings. The second-order valence-corrected chi connectivity index (χ2v) is 6.09. The summed E-state index contributed by atoms with van der Waals surface area (Å²) in [5.74, 6) is -0.176. The molecule has 0 spiro atoms. The third-order valence-electron chi connectivity index (χ3n) is 2.88. The molecule has 128 valence electrons. The van der Waals surface area contributed by atoms with Crippen molar-refractivity contribution in [2.24, 2.45) is 0 Å². The van der Waals surface area contributed by atoms with Gasteiger partial charge in [-0.1, -0.05) is 0 Å². The van der Waals surface area contributed by atoms with Gasteiger partial charge in [0.2, 0.25) is 0 Å².